The molecule has 0 aromatic carbocycles. The van der Waals surface area contributed by atoms with Gasteiger partial charge in [0, 0.05) is 65.4 Å². The Kier molecular flexibility index (Phi) is 10.9. The Morgan fingerprint density at radius 3 is 2.46 bits per heavy atom. The van der Waals surface area contributed by atoms with E-state index in [4.69, 9.17) is 4.99 Å². The summed E-state index contributed by atoms with van der Waals surface area (Å²) in [6.45, 7) is 14.4. The number of rotatable bonds is 7. The summed E-state index contributed by atoms with van der Waals surface area (Å²) in [4.78, 5) is 14.8. The number of nitrogens with one attached hydrogen (secondary N) is 1. The first-order valence-electron chi connectivity index (χ1n) is 10.5. The molecule has 3 heterocycles. The summed E-state index contributed by atoms with van der Waals surface area (Å²) in [7, 11) is 2.22. The highest BCUT2D eigenvalue weighted by Crippen LogP contribution is 2.22. The molecule has 1 aromatic rings. The Bertz CT molecular complexity index is 551. The number of unbranched alkanes of at least 4 members (excludes halogenated alkanes) is 1. The molecule has 1 N–H and O–H groups in total. The predicted octanol–water partition coefficient (Wildman–Crippen LogP) is 2.48. The lowest BCUT2D eigenvalue weighted by Crippen LogP contribution is -2.52. The number of hydrogen-bond acceptors (Lipinski definition) is 5. The average molecular weight is 521 g/mol. The molecule has 3 rings (SSSR count). The molecule has 2 aliphatic rings. The van der Waals surface area contributed by atoms with Gasteiger partial charge in [0.15, 0.2) is 5.96 Å². The van der Waals surface area contributed by atoms with Gasteiger partial charge in [-0.25, -0.2) is 0 Å². The number of anilines is 1. The van der Waals surface area contributed by atoms with Crippen LogP contribution < -0.4 is 10.2 Å². The van der Waals surface area contributed by atoms with Crippen molar-refractivity contribution in [2.45, 2.75) is 19.8 Å². The van der Waals surface area contributed by atoms with E-state index in [0.29, 0.717) is 0 Å². The maximum Gasteiger partial charge on any atom is 0.194 e. The second-order valence-corrected chi connectivity index (χ2v) is 8.44. The Labute approximate surface area is 192 Å². The molecule has 0 bridgehead atoms. The van der Waals surface area contributed by atoms with Gasteiger partial charge in [0.25, 0.3) is 0 Å². The molecule has 6 nitrogen and oxygen atoms in total. The van der Waals surface area contributed by atoms with Crippen molar-refractivity contribution in [3.05, 3.63) is 17.5 Å². The molecule has 8 heteroatoms. The smallest absolute Gasteiger partial charge is 0.194 e. The largest absolute Gasteiger partial charge is 0.360 e. The van der Waals surface area contributed by atoms with E-state index in [1.54, 1.807) is 0 Å². The number of guanidine groups is 1. The number of nitrogens with zero attached hydrogens (tertiary/aromatic N) is 5. The van der Waals surface area contributed by atoms with Crippen molar-refractivity contribution >= 4 is 46.3 Å². The number of likely N-dealkylation sites (N-methyl/N-ethyl adjacent to an activating group) is 1. The summed E-state index contributed by atoms with van der Waals surface area (Å²) in [6, 6.07) is 4.36. The van der Waals surface area contributed by atoms with Gasteiger partial charge in [-0.05, 0) is 50.9 Å². The van der Waals surface area contributed by atoms with Crippen LogP contribution in [-0.4, -0.2) is 99.7 Å². The van der Waals surface area contributed by atoms with E-state index in [1.165, 1.54) is 50.6 Å². The fourth-order valence-corrected chi connectivity index (χ4v) is 4.50. The third-order valence-electron chi connectivity index (χ3n) is 5.47. The minimum Gasteiger partial charge on any atom is -0.360 e. The van der Waals surface area contributed by atoms with Gasteiger partial charge in [0.05, 0.1) is 5.00 Å². The number of thiophene rings is 1. The second-order valence-electron chi connectivity index (χ2n) is 7.51. The number of hydrogen-bond donors (Lipinski definition) is 1. The molecule has 0 aliphatic carbocycles. The van der Waals surface area contributed by atoms with Crippen LogP contribution >= 0.6 is 35.3 Å². The highest BCUT2D eigenvalue weighted by atomic mass is 127. The van der Waals surface area contributed by atoms with Gasteiger partial charge in [-0.15, -0.1) is 35.3 Å². The SMILES string of the molecule is CCNC(=NCCCCN1CCN(C)CC1)N1CCN(c2cccs2)CC1.I. The fourth-order valence-electron chi connectivity index (χ4n) is 3.72. The maximum atomic E-state index is 4.91. The van der Waals surface area contributed by atoms with Gasteiger partial charge in [0.2, 0.25) is 0 Å². The molecule has 0 saturated carbocycles. The molecule has 0 amide bonds. The lowest BCUT2D eigenvalue weighted by atomic mass is 10.2. The fraction of sp³-hybridized carbons (Fsp3) is 0.750. The monoisotopic (exact) mass is 520 g/mol. The lowest BCUT2D eigenvalue weighted by molar-refractivity contribution is 0.152. The highest BCUT2D eigenvalue weighted by Gasteiger charge is 2.20. The predicted molar refractivity (Wildman–Crippen MR) is 133 cm³/mol. The molecule has 2 saturated heterocycles. The topological polar surface area (TPSA) is 37.4 Å². The highest BCUT2D eigenvalue weighted by molar-refractivity contribution is 14.0. The summed E-state index contributed by atoms with van der Waals surface area (Å²) in [5.41, 5.74) is 0. The van der Waals surface area contributed by atoms with Crippen LogP contribution in [0.1, 0.15) is 19.8 Å². The van der Waals surface area contributed by atoms with E-state index in [9.17, 15) is 0 Å². The van der Waals surface area contributed by atoms with E-state index in [0.717, 1.165) is 45.2 Å². The van der Waals surface area contributed by atoms with Crippen LogP contribution in [0.15, 0.2) is 22.5 Å². The van der Waals surface area contributed by atoms with Crippen LogP contribution in [0.4, 0.5) is 5.00 Å². The molecule has 1 aromatic heterocycles. The molecular formula is C20H37IN6S. The zero-order valence-electron chi connectivity index (χ0n) is 17.5. The van der Waals surface area contributed by atoms with E-state index >= 15 is 0 Å². The van der Waals surface area contributed by atoms with Crippen molar-refractivity contribution in [3.8, 4) is 0 Å². The van der Waals surface area contributed by atoms with Gasteiger partial charge < -0.3 is 24.9 Å². The summed E-state index contributed by atoms with van der Waals surface area (Å²) in [5, 5.41) is 7.04. The van der Waals surface area contributed by atoms with E-state index in [1.807, 2.05) is 11.3 Å². The lowest BCUT2D eigenvalue weighted by Gasteiger charge is -2.37. The standard InChI is InChI=1S/C20H36N6S.HI/c1-3-21-20(22-8-4-5-9-24-12-10-23(2)11-13-24)26-16-14-25(15-17-26)19-7-6-18-27-19;/h6-7,18H,3-5,8-17H2,1-2H3,(H,21,22);1H. The van der Waals surface area contributed by atoms with Gasteiger partial charge in [-0.2, -0.15) is 0 Å². The van der Waals surface area contributed by atoms with Crippen molar-refractivity contribution < 1.29 is 0 Å². The molecular weight excluding hydrogens is 483 g/mol. The molecule has 2 aliphatic heterocycles. The van der Waals surface area contributed by atoms with Gasteiger partial charge in [-0.3, -0.25) is 4.99 Å². The van der Waals surface area contributed by atoms with Gasteiger partial charge in [0.1, 0.15) is 0 Å². The van der Waals surface area contributed by atoms with Crippen molar-refractivity contribution in [1.82, 2.24) is 20.0 Å². The molecule has 0 unspecified atom stereocenters. The maximum absolute atomic E-state index is 4.91. The summed E-state index contributed by atoms with van der Waals surface area (Å²) < 4.78 is 0. The van der Waals surface area contributed by atoms with Crippen LogP contribution in [0, 0.1) is 0 Å². The van der Waals surface area contributed by atoms with Crippen LogP contribution in [0.5, 0.6) is 0 Å². The molecule has 2 fully saturated rings. The third-order valence-corrected chi connectivity index (χ3v) is 6.40. The van der Waals surface area contributed by atoms with Crippen molar-refractivity contribution in [3.63, 3.8) is 0 Å². The molecule has 28 heavy (non-hydrogen) atoms. The van der Waals surface area contributed by atoms with Crippen LogP contribution in [0.25, 0.3) is 0 Å². The minimum atomic E-state index is 0. The van der Waals surface area contributed by atoms with Crippen molar-refractivity contribution in [1.29, 1.82) is 0 Å². The normalized spacial score (nSPS) is 19.6. The van der Waals surface area contributed by atoms with Crippen LogP contribution in [-0.2, 0) is 0 Å². The van der Waals surface area contributed by atoms with E-state index < -0.39 is 0 Å². The van der Waals surface area contributed by atoms with Crippen LogP contribution in [0.2, 0.25) is 0 Å². The Morgan fingerprint density at radius 1 is 1.07 bits per heavy atom. The van der Waals surface area contributed by atoms with Gasteiger partial charge >= 0.3 is 0 Å². The minimum absolute atomic E-state index is 0. The first-order chi connectivity index (χ1) is 13.3. The first kappa shape index (κ1) is 23.7. The number of halogens is 1. The summed E-state index contributed by atoms with van der Waals surface area (Å²) >= 11 is 1.84. The Morgan fingerprint density at radius 2 is 1.82 bits per heavy atom. The quantitative estimate of drug-likeness (QED) is 0.259. The van der Waals surface area contributed by atoms with E-state index in [2.05, 4.69) is 56.4 Å². The number of aliphatic imine (C=N–C) groups is 1. The number of piperazine rings is 2. The first-order valence-corrected chi connectivity index (χ1v) is 11.4. The van der Waals surface area contributed by atoms with Crippen molar-refractivity contribution in [2.24, 2.45) is 4.99 Å². The Hall–Kier alpha value is -0.580. The third kappa shape index (κ3) is 7.35. The van der Waals surface area contributed by atoms with E-state index in [-0.39, 0.29) is 24.0 Å². The average Bonchev–Trinajstić information content (AvgIpc) is 3.23. The summed E-state index contributed by atoms with van der Waals surface area (Å²) in [5.74, 6) is 1.10. The van der Waals surface area contributed by atoms with Gasteiger partial charge in [-0.1, -0.05) is 0 Å². The second kappa shape index (κ2) is 12.9. The summed E-state index contributed by atoms with van der Waals surface area (Å²) in [6.07, 6.45) is 2.43. The molecule has 0 radical (unpaired) electrons. The van der Waals surface area contributed by atoms with Crippen molar-refractivity contribution in [2.75, 3.05) is 83.9 Å². The Balaban J connectivity index is 0.00000280. The van der Waals surface area contributed by atoms with Crippen LogP contribution in [0.3, 0.4) is 0 Å². The molecule has 160 valence electrons. The zero-order chi connectivity index (χ0) is 18.9. The molecule has 0 spiro atoms. The molecule has 0 atom stereocenters. The zero-order valence-corrected chi connectivity index (χ0v) is 20.6.